The molecule has 0 unspecified atom stereocenters. The van der Waals surface area contributed by atoms with Gasteiger partial charge < -0.3 is 14.8 Å². The molecule has 2 aromatic rings. The fourth-order valence-corrected chi connectivity index (χ4v) is 4.41. The molecule has 0 spiro atoms. The number of aromatic nitrogens is 1. The van der Waals surface area contributed by atoms with Crippen LogP contribution >= 0.6 is 0 Å². The van der Waals surface area contributed by atoms with Crippen LogP contribution in [0, 0.1) is 12.8 Å². The average Bonchev–Trinajstić information content (AvgIpc) is 3.59. The van der Waals surface area contributed by atoms with Crippen LogP contribution in [-0.2, 0) is 16.1 Å². The summed E-state index contributed by atoms with van der Waals surface area (Å²) in [6.07, 6.45) is 9.52. The largest absolute Gasteiger partial charge is 0.493 e. The number of ether oxygens (including phenoxy) is 2. The molecule has 0 bridgehead atoms. The molecule has 31 heavy (non-hydrogen) atoms. The number of hydrogen-bond acceptors (Lipinski definition) is 4. The normalized spacial score (nSPS) is 21.2. The van der Waals surface area contributed by atoms with Crippen LogP contribution in [0.25, 0.3) is 10.9 Å². The highest BCUT2D eigenvalue weighted by Crippen LogP contribution is 2.33. The van der Waals surface area contributed by atoms with E-state index in [9.17, 15) is 4.79 Å². The first-order valence-electron chi connectivity index (χ1n) is 12.1. The SMILES string of the molecule is CCCCOc1c(C)c(COC2CCC(NC(=O)CC3CC3)CC2)nc2ccccc12. The summed E-state index contributed by atoms with van der Waals surface area (Å²) in [4.78, 5) is 16.9. The number of carbonyl (C=O) groups excluding carboxylic acids is 1. The molecule has 168 valence electrons. The number of unbranched alkanes of at least 4 members (excludes halogenated alkanes) is 1. The van der Waals surface area contributed by atoms with Crippen LogP contribution in [0.2, 0.25) is 0 Å². The number of fused-ring (bicyclic) bond motifs is 1. The Morgan fingerprint density at radius 2 is 1.90 bits per heavy atom. The standard InChI is InChI=1S/C26H36N2O3/c1-3-4-15-30-26-18(2)24(28-23-8-6-5-7-22(23)26)17-31-21-13-11-20(12-14-21)27-25(29)16-19-9-10-19/h5-8,19-21H,3-4,9-17H2,1-2H3,(H,27,29). The number of nitrogens with zero attached hydrogens (tertiary/aromatic N) is 1. The van der Waals surface area contributed by atoms with Gasteiger partial charge in [0.25, 0.3) is 0 Å². The van der Waals surface area contributed by atoms with Gasteiger partial charge in [0.2, 0.25) is 5.91 Å². The summed E-state index contributed by atoms with van der Waals surface area (Å²) in [5, 5.41) is 4.29. The van der Waals surface area contributed by atoms with Crippen molar-refractivity contribution in [3.8, 4) is 5.75 Å². The van der Waals surface area contributed by atoms with Gasteiger partial charge in [0, 0.05) is 23.4 Å². The van der Waals surface area contributed by atoms with Crippen LogP contribution in [0.5, 0.6) is 5.75 Å². The van der Waals surface area contributed by atoms with Crippen LogP contribution in [0.4, 0.5) is 0 Å². The first-order chi connectivity index (χ1) is 15.1. The monoisotopic (exact) mass is 424 g/mol. The van der Waals surface area contributed by atoms with E-state index >= 15 is 0 Å². The van der Waals surface area contributed by atoms with Crippen molar-refractivity contribution in [2.75, 3.05) is 6.61 Å². The van der Waals surface area contributed by atoms with Gasteiger partial charge in [-0.1, -0.05) is 25.5 Å². The molecule has 5 heteroatoms. The summed E-state index contributed by atoms with van der Waals surface area (Å²) >= 11 is 0. The molecule has 1 aromatic carbocycles. The van der Waals surface area contributed by atoms with Gasteiger partial charge in [0.05, 0.1) is 30.5 Å². The van der Waals surface area contributed by atoms with Gasteiger partial charge in [-0.25, -0.2) is 4.98 Å². The zero-order valence-corrected chi connectivity index (χ0v) is 19.0. The van der Waals surface area contributed by atoms with Crippen LogP contribution in [-0.4, -0.2) is 29.6 Å². The van der Waals surface area contributed by atoms with E-state index in [1.54, 1.807) is 0 Å². The molecular formula is C26H36N2O3. The summed E-state index contributed by atoms with van der Waals surface area (Å²) in [6.45, 7) is 5.49. The maximum Gasteiger partial charge on any atom is 0.220 e. The van der Waals surface area contributed by atoms with E-state index in [-0.39, 0.29) is 12.0 Å². The second-order valence-electron chi connectivity index (χ2n) is 9.23. The number of benzene rings is 1. The van der Waals surface area contributed by atoms with Gasteiger partial charge in [-0.2, -0.15) is 0 Å². The molecule has 2 fully saturated rings. The minimum absolute atomic E-state index is 0.230. The summed E-state index contributed by atoms with van der Waals surface area (Å²) < 4.78 is 12.4. The highest BCUT2D eigenvalue weighted by atomic mass is 16.5. The maximum atomic E-state index is 12.1. The fraction of sp³-hybridized carbons (Fsp3) is 0.615. The van der Waals surface area contributed by atoms with Gasteiger partial charge in [0.1, 0.15) is 5.75 Å². The Balaban J connectivity index is 1.33. The van der Waals surface area contributed by atoms with Gasteiger partial charge in [-0.3, -0.25) is 4.79 Å². The van der Waals surface area contributed by atoms with Gasteiger partial charge >= 0.3 is 0 Å². The topological polar surface area (TPSA) is 60.5 Å². The minimum Gasteiger partial charge on any atom is -0.493 e. The molecule has 0 radical (unpaired) electrons. The molecule has 0 saturated heterocycles. The predicted molar refractivity (Wildman–Crippen MR) is 123 cm³/mol. The Bertz CT molecular complexity index is 886. The number of amides is 1. The minimum atomic E-state index is 0.230. The average molecular weight is 425 g/mol. The van der Waals surface area contributed by atoms with Crippen molar-refractivity contribution in [3.63, 3.8) is 0 Å². The first kappa shape index (κ1) is 22.1. The molecule has 4 rings (SSSR count). The molecule has 0 aliphatic heterocycles. The second kappa shape index (κ2) is 10.4. The summed E-state index contributed by atoms with van der Waals surface area (Å²) in [6, 6.07) is 8.49. The number of nitrogens with one attached hydrogen (secondary N) is 1. The van der Waals surface area contributed by atoms with Crippen molar-refractivity contribution in [2.45, 2.75) is 90.4 Å². The lowest BCUT2D eigenvalue weighted by molar-refractivity contribution is -0.122. The van der Waals surface area contributed by atoms with E-state index in [0.29, 0.717) is 25.0 Å². The summed E-state index contributed by atoms with van der Waals surface area (Å²) in [5.74, 6) is 1.83. The number of carbonyl (C=O) groups is 1. The van der Waals surface area contributed by atoms with Crippen LogP contribution in [0.1, 0.15) is 76.0 Å². The highest BCUT2D eigenvalue weighted by Gasteiger charge is 2.27. The van der Waals surface area contributed by atoms with E-state index in [1.165, 1.54) is 12.8 Å². The molecule has 1 N–H and O–H groups in total. The number of rotatable bonds is 10. The molecule has 2 aliphatic rings. The first-order valence-corrected chi connectivity index (χ1v) is 12.1. The lowest BCUT2D eigenvalue weighted by atomic mass is 9.92. The molecule has 2 aliphatic carbocycles. The smallest absolute Gasteiger partial charge is 0.220 e. The van der Waals surface area contributed by atoms with Crippen LogP contribution in [0.15, 0.2) is 24.3 Å². The van der Waals surface area contributed by atoms with Crippen molar-refractivity contribution in [1.82, 2.24) is 10.3 Å². The number of para-hydroxylation sites is 1. The lowest BCUT2D eigenvalue weighted by Crippen LogP contribution is -2.39. The number of hydrogen-bond donors (Lipinski definition) is 1. The fourth-order valence-electron chi connectivity index (χ4n) is 4.41. The molecule has 1 amide bonds. The Morgan fingerprint density at radius 1 is 1.13 bits per heavy atom. The zero-order valence-electron chi connectivity index (χ0n) is 19.0. The van der Waals surface area contributed by atoms with E-state index in [2.05, 4.69) is 25.2 Å². The van der Waals surface area contributed by atoms with Crippen LogP contribution in [0.3, 0.4) is 0 Å². The zero-order chi connectivity index (χ0) is 21.6. The van der Waals surface area contributed by atoms with Crippen molar-refractivity contribution < 1.29 is 14.3 Å². The van der Waals surface area contributed by atoms with Gasteiger partial charge in [0.15, 0.2) is 0 Å². The van der Waals surface area contributed by atoms with E-state index in [4.69, 9.17) is 14.5 Å². The summed E-state index contributed by atoms with van der Waals surface area (Å²) in [5.41, 5.74) is 3.00. The Morgan fingerprint density at radius 3 is 2.65 bits per heavy atom. The molecule has 1 aromatic heterocycles. The van der Waals surface area contributed by atoms with E-state index in [1.807, 2.05) is 18.2 Å². The predicted octanol–water partition coefficient (Wildman–Crippen LogP) is 5.47. The third-order valence-corrected chi connectivity index (χ3v) is 6.59. The second-order valence-corrected chi connectivity index (χ2v) is 9.23. The quantitative estimate of drug-likeness (QED) is 0.514. The van der Waals surface area contributed by atoms with Crippen molar-refractivity contribution in [1.29, 1.82) is 0 Å². The third-order valence-electron chi connectivity index (χ3n) is 6.59. The Kier molecular flexibility index (Phi) is 7.44. The van der Waals surface area contributed by atoms with Gasteiger partial charge in [-0.15, -0.1) is 0 Å². The molecule has 0 atom stereocenters. The Labute approximate surface area is 185 Å². The van der Waals surface area contributed by atoms with Crippen molar-refractivity contribution >= 4 is 16.8 Å². The third kappa shape index (κ3) is 5.97. The van der Waals surface area contributed by atoms with E-state index in [0.717, 1.165) is 73.0 Å². The van der Waals surface area contributed by atoms with Gasteiger partial charge in [-0.05, 0) is 69.9 Å². The van der Waals surface area contributed by atoms with Crippen molar-refractivity contribution in [3.05, 3.63) is 35.5 Å². The highest BCUT2D eigenvalue weighted by molar-refractivity contribution is 5.86. The molecule has 1 heterocycles. The van der Waals surface area contributed by atoms with Crippen LogP contribution < -0.4 is 10.1 Å². The summed E-state index contributed by atoms with van der Waals surface area (Å²) in [7, 11) is 0. The maximum absolute atomic E-state index is 12.1. The molecule has 5 nitrogen and oxygen atoms in total. The molecular weight excluding hydrogens is 388 g/mol. The number of pyridine rings is 1. The molecule has 2 saturated carbocycles. The lowest BCUT2D eigenvalue weighted by Gasteiger charge is -2.29. The van der Waals surface area contributed by atoms with Crippen molar-refractivity contribution in [2.24, 2.45) is 5.92 Å². The van der Waals surface area contributed by atoms with E-state index < -0.39 is 0 Å². The Hall–Kier alpha value is -2.14.